The monoisotopic (exact) mass is 976 g/mol. The molecule has 11 aromatic rings. The van der Waals surface area contributed by atoms with Gasteiger partial charge in [0, 0.05) is 69.9 Å². The standard InChI is InChI=1S/C68H46B2N2O4/c1-43-29-31-55-59(33-43)71(49-23-11-5-12-24-49)61-37-53(73-51-27-15-21-47(35-51)45-17-7-3-8-18-45)38-62-67(61)69(55)57-41-58-64(42-60(57)72(62)50-25-13-6-14-26-50)76-66-40-54(74-52-28-16-22-48(36-52)46-19-9-4-10-20-46)39-65-68(66)70(58)56-32-30-44(2)34-63(56)75-65/h3-42H,1-2H3. The Balaban J connectivity index is 0.941. The number of aryl methyl sites for hydroxylation is 2. The number of para-hydroxylation sites is 2. The molecule has 4 heterocycles. The van der Waals surface area contributed by atoms with Crippen molar-refractivity contribution in [2.24, 2.45) is 0 Å². The van der Waals surface area contributed by atoms with Crippen molar-refractivity contribution in [1.82, 2.24) is 0 Å². The summed E-state index contributed by atoms with van der Waals surface area (Å²) in [4.78, 5) is 4.84. The van der Waals surface area contributed by atoms with Gasteiger partial charge in [-0.3, -0.25) is 0 Å². The molecule has 6 nitrogen and oxygen atoms in total. The predicted molar refractivity (Wildman–Crippen MR) is 312 cm³/mol. The van der Waals surface area contributed by atoms with Gasteiger partial charge in [0.05, 0.1) is 0 Å². The van der Waals surface area contributed by atoms with E-state index in [1.807, 2.05) is 42.5 Å². The second-order valence-corrected chi connectivity index (χ2v) is 20.2. The molecule has 8 heteroatoms. The van der Waals surface area contributed by atoms with Crippen LogP contribution in [0.1, 0.15) is 11.1 Å². The molecule has 15 rings (SSSR count). The van der Waals surface area contributed by atoms with Crippen LogP contribution in [0.4, 0.5) is 34.1 Å². The second kappa shape index (κ2) is 17.5. The van der Waals surface area contributed by atoms with E-state index in [4.69, 9.17) is 18.9 Å². The van der Waals surface area contributed by atoms with Crippen molar-refractivity contribution in [1.29, 1.82) is 0 Å². The number of benzene rings is 11. The fraction of sp³-hybridized carbons (Fsp3) is 0.0294. The van der Waals surface area contributed by atoms with E-state index in [-0.39, 0.29) is 13.4 Å². The molecular weight excluding hydrogens is 930 g/mol. The summed E-state index contributed by atoms with van der Waals surface area (Å²) in [6, 6.07) is 85.5. The van der Waals surface area contributed by atoms with Gasteiger partial charge in [-0.05, 0) is 135 Å². The SMILES string of the molecule is Cc1ccc2c(c1)Oc1cc(Oc3cccc(-c4ccccc4)c3)cc3c1B2c1cc2c(cc1O3)N(c1ccccc1)c1cc(Oc3cccc(-c4ccccc4)c3)cc3c1B2c1ccc(C)cc1N3c1ccccc1. The summed E-state index contributed by atoms with van der Waals surface area (Å²) in [6.45, 7) is 3.96. The van der Waals surface area contributed by atoms with E-state index in [2.05, 4.69) is 224 Å². The van der Waals surface area contributed by atoms with E-state index in [0.717, 1.165) is 113 Å². The van der Waals surface area contributed by atoms with E-state index in [1.165, 1.54) is 22.0 Å². The van der Waals surface area contributed by atoms with Crippen LogP contribution < -0.4 is 61.5 Å². The Bertz CT molecular complexity index is 4120. The van der Waals surface area contributed by atoms with Crippen LogP contribution in [0.15, 0.2) is 243 Å². The summed E-state index contributed by atoms with van der Waals surface area (Å²) in [5.41, 5.74) is 19.8. The molecule has 0 spiro atoms. The summed E-state index contributed by atoms with van der Waals surface area (Å²) in [5, 5.41) is 0. The fourth-order valence-corrected chi connectivity index (χ4v) is 12.0. The van der Waals surface area contributed by atoms with Gasteiger partial charge in [0.1, 0.15) is 46.0 Å². The minimum Gasteiger partial charge on any atom is -0.458 e. The molecule has 0 aromatic heterocycles. The quantitative estimate of drug-likeness (QED) is 0.141. The molecule has 4 aliphatic rings. The van der Waals surface area contributed by atoms with Gasteiger partial charge in [0.2, 0.25) is 0 Å². The van der Waals surface area contributed by atoms with Crippen molar-refractivity contribution in [3.05, 3.63) is 254 Å². The van der Waals surface area contributed by atoms with Crippen LogP contribution in [0, 0.1) is 13.8 Å². The molecule has 0 atom stereocenters. The highest BCUT2D eigenvalue weighted by Crippen LogP contribution is 2.48. The summed E-state index contributed by atoms with van der Waals surface area (Å²) < 4.78 is 28.0. The van der Waals surface area contributed by atoms with E-state index in [9.17, 15) is 0 Å². The zero-order valence-corrected chi connectivity index (χ0v) is 41.8. The number of fused-ring (bicyclic) bond motifs is 8. The minimum atomic E-state index is -0.186. The lowest BCUT2D eigenvalue weighted by Crippen LogP contribution is -2.63. The van der Waals surface area contributed by atoms with E-state index < -0.39 is 0 Å². The lowest BCUT2D eigenvalue weighted by atomic mass is 9.31. The zero-order chi connectivity index (χ0) is 50.4. The summed E-state index contributed by atoms with van der Waals surface area (Å²) in [6.07, 6.45) is 0. The fourth-order valence-electron chi connectivity index (χ4n) is 12.0. The van der Waals surface area contributed by atoms with Crippen molar-refractivity contribution in [2.75, 3.05) is 9.80 Å². The molecule has 11 aromatic carbocycles. The molecule has 0 aliphatic carbocycles. The van der Waals surface area contributed by atoms with E-state index >= 15 is 0 Å². The molecule has 4 aliphatic heterocycles. The van der Waals surface area contributed by atoms with Crippen LogP contribution in [0.3, 0.4) is 0 Å². The number of anilines is 6. The van der Waals surface area contributed by atoms with Crippen LogP contribution in [-0.4, -0.2) is 13.4 Å². The van der Waals surface area contributed by atoms with Crippen LogP contribution >= 0.6 is 0 Å². The average Bonchev–Trinajstić information content (AvgIpc) is 3.56. The summed E-state index contributed by atoms with van der Waals surface area (Å²) >= 11 is 0. The van der Waals surface area contributed by atoms with E-state index in [1.54, 1.807) is 0 Å². The van der Waals surface area contributed by atoms with Crippen LogP contribution in [0.2, 0.25) is 0 Å². The maximum Gasteiger partial charge on any atom is 0.260 e. The Morgan fingerprint density at radius 2 is 0.763 bits per heavy atom. The maximum atomic E-state index is 7.27. The highest BCUT2D eigenvalue weighted by Gasteiger charge is 2.47. The predicted octanol–water partition coefficient (Wildman–Crippen LogP) is 14.0. The highest BCUT2D eigenvalue weighted by molar-refractivity contribution is 7.02. The van der Waals surface area contributed by atoms with Crippen molar-refractivity contribution >= 4 is 80.3 Å². The Morgan fingerprint density at radius 1 is 0.303 bits per heavy atom. The average molecular weight is 977 g/mol. The van der Waals surface area contributed by atoms with Gasteiger partial charge in [-0.1, -0.05) is 152 Å². The first-order chi connectivity index (χ1) is 37.5. The first-order valence-corrected chi connectivity index (χ1v) is 25.9. The molecule has 358 valence electrons. The number of rotatable bonds is 8. The topological polar surface area (TPSA) is 43.4 Å². The van der Waals surface area contributed by atoms with Gasteiger partial charge in [-0.2, -0.15) is 0 Å². The second-order valence-electron chi connectivity index (χ2n) is 20.2. The molecule has 0 fully saturated rings. The van der Waals surface area contributed by atoms with Gasteiger partial charge in [0.25, 0.3) is 13.4 Å². The largest absolute Gasteiger partial charge is 0.458 e. The van der Waals surface area contributed by atoms with Gasteiger partial charge >= 0.3 is 0 Å². The Hall–Kier alpha value is -9.65. The molecule has 0 amide bonds. The van der Waals surface area contributed by atoms with Gasteiger partial charge in [0.15, 0.2) is 0 Å². The lowest BCUT2D eigenvalue weighted by molar-refractivity contribution is 0.443. The first kappa shape index (κ1) is 43.9. The Kier molecular flexibility index (Phi) is 10.1. The molecule has 0 radical (unpaired) electrons. The van der Waals surface area contributed by atoms with Gasteiger partial charge in [-0.25, -0.2) is 0 Å². The van der Waals surface area contributed by atoms with Gasteiger partial charge < -0.3 is 28.7 Å². The molecule has 0 N–H and O–H groups in total. The number of ether oxygens (including phenoxy) is 4. The highest BCUT2D eigenvalue weighted by atomic mass is 16.5. The molecule has 0 bridgehead atoms. The van der Waals surface area contributed by atoms with E-state index in [0.29, 0.717) is 11.5 Å². The number of nitrogens with zero attached hydrogens (tertiary/aromatic N) is 2. The molecule has 0 saturated heterocycles. The summed E-state index contributed by atoms with van der Waals surface area (Å²) in [5.74, 6) is 5.85. The van der Waals surface area contributed by atoms with Crippen molar-refractivity contribution in [3.63, 3.8) is 0 Å². The number of hydrogen-bond donors (Lipinski definition) is 0. The first-order valence-electron chi connectivity index (χ1n) is 25.9. The Morgan fingerprint density at radius 3 is 1.33 bits per heavy atom. The normalized spacial score (nSPS) is 13.0. The smallest absolute Gasteiger partial charge is 0.260 e. The lowest BCUT2D eigenvalue weighted by Gasteiger charge is -2.45. The maximum absolute atomic E-state index is 7.27. The third kappa shape index (κ3) is 7.28. The Labute approximate surface area is 442 Å². The third-order valence-corrected chi connectivity index (χ3v) is 15.3. The molecule has 76 heavy (non-hydrogen) atoms. The minimum absolute atomic E-state index is 0.156. The van der Waals surface area contributed by atoms with Crippen LogP contribution in [0.5, 0.6) is 46.0 Å². The summed E-state index contributed by atoms with van der Waals surface area (Å²) in [7, 11) is 0. The van der Waals surface area contributed by atoms with Gasteiger partial charge in [-0.15, -0.1) is 0 Å². The van der Waals surface area contributed by atoms with Crippen molar-refractivity contribution < 1.29 is 18.9 Å². The molecule has 0 saturated carbocycles. The molecule has 0 unspecified atom stereocenters. The van der Waals surface area contributed by atoms with Crippen molar-refractivity contribution in [2.45, 2.75) is 13.8 Å². The third-order valence-electron chi connectivity index (χ3n) is 15.3. The zero-order valence-electron chi connectivity index (χ0n) is 41.8. The number of hydrogen-bond acceptors (Lipinski definition) is 6. The van der Waals surface area contributed by atoms with Crippen LogP contribution in [-0.2, 0) is 0 Å². The van der Waals surface area contributed by atoms with Crippen LogP contribution in [0.25, 0.3) is 22.3 Å². The molecular formula is C68H46B2N2O4. The van der Waals surface area contributed by atoms with Crippen molar-refractivity contribution in [3.8, 4) is 68.2 Å².